The number of aromatic nitrogens is 1. The van der Waals surface area contributed by atoms with E-state index in [-0.39, 0.29) is 24.2 Å². The zero-order chi connectivity index (χ0) is 13.7. The molecule has 0 saturated carbocycles. The van der Waals surface area contributed by atoms with E-state index < -0.39 is 18.1 Å². The maximum atomic E-state index is 12.8. The number of hydrogen-bond donors (Lipinski definition) is 0. The molecule has 0 aliphatic rings. The number of nitrogens with zero attached hydrogens (tertiary/aromatic N) is 2. The highest BCUT2D eigenvalue weighted by atomic mass is 127. The number of esters is 1. The maximum Gasteiger partial charge on any atom is 0.310 e. The van der Waals surface area contributed by atoms with Gasteiger partial charge in [0, 0.05) is 15.3 Å². The minimum Gasteiger partial charge on any atom is -0.466 e. The number of halogens is 3. The van der Waals surface area contributed by atoms with Gasteiger partial charge in [-0.2, -0.15) is 5.26 Å². The molecule has 1 aromatic heterocycles. The van der Waals surface area contributed by atoms with Crippen molar-refractivity contribution in [1.82, 2.24) is 4.98 Å². The molecule has 7 heteroatoms. The van der Waals surface area contributed by atoms with Gasteiger partial charge in [0.15, 0.2) is 0 Å². The van der Waals surface area contributed by atoms with E-state index in [1.165, 1.54) is 6.20 Å². The zero-order valence-corrected chi connectivity index (χ0v) is 11.6. The Hall–Kier alpha value is -1.30. The van der Waals surface area contributed by atoms with Crippen molar-refractivity contribution in [2.75, 3.05) is 6.61 Å². The third-order valence-electron chi connectivity index (χ3n) is 2.11. The van der Waals surface area contributed by atoms with Gasteiger partial charge < -0.3 is 4.74 Å². The molecule has 0 unspecified atom stereocenters. The van der Waals surface area contributed by atoms with Gasteiger partial charge in [0.25, 0.3) is 6.43 Å². The topological polar surface area (TPSA) is 63.0 Å². The molecule has 0 bridgehead atoms. The van der Waals surface area contributed by atoms with Crippen LogP contribution in [0.15, 0.2) is 6.20 Å². The third kappa shape index (κ3) is 3.35. The van der Waals surface area contributed by atoms with Gasteiger partial charge in [0.05, 0.1) is 18.6 Å². The quantitative estimate of drug-likeness (QED) is 0.607. The van der Waals surface area contributed by atoms with E-state index in [9.17, 15) is 13.6 Å². The lowest BCUT2D eigenvalue weighted by atomic mass is 10.0. The lowest BCUT2D eigenvalue weighted by molar-refractivity contribution is -0.142. The van der Waals surface area contributed by atoms with Gasteiger partial charge >= 0.3 is 5.97 Å². The number of rotatable bonds is 4. The van der Waals surface area contributed by atoms with Crippen LogP contribution in [-0.4, -0.2) is 17.6 Å². The van der Waals surface area contributed by atoms with Crippen LogP contribution in [0, 0.1) is 14.9 Å². The molecule has 4 nitrogen and oxygen atoms in total. The predicted molar refractivity (Wildman–Crippen MR) is 67.0 cm³/mol. The number of carbonyl (C=O) groups is 1. The van der Waals surface area contributed by atoms with Gasteiger partial charge in [-0.05, 0) is 29.5 Å². The second-order valence-corrected chi connectivity index (χ2v) is 4.40. The zero-order valence-electron chi connectivity index (χ0n) is 9.41. The first-order valence-electron chi connectivity index (χ1n) is 5.02. The Balaban J connectivity index is 3.24. The summed E-state index contributed by atoms with van der Waals surface area (Å²) in [5.41, 5.74) is -0.549. The van der Waals surface area contributed by atoms with Crippen LogP contribution in [0.5, 0.6) is 0 Å². The third-order valence-corrected chi connectivity index (χ3v) is 2.93. The lowest BCUT2D eigenvalue weighted by Gasteiger charge is -2.10. The van der Waals surface area contributed by atoms with E-state index in [4.69, 9.17) is 10.00 Å². The first-order valence-corrected chi connectivity index (χ1v) is 6.10. The second-order valence-electron chi connectivity index (χ2n) is 3.24. The van der Waals surface area contributed by atoms with Crippen molar-refractivity contribution in [2.24, 2.45) is 0 Å². The summed E-state index contributed by atoms with van der Waals surface area (Å²) in [6.45, 7) is 1.77. The Labute approximate surface area is 116 Å². The molecule has 1 rings (SSSR count). The normalized spacial score (nSPS) is 10.2. The summed E-state index contributed by atoms with van der Waals surface area (Å²) in [6, 6.07) is 1.82. The lowest BCUT2D eigenvalue weighted by Crippen LogP contribution is -2.13. The molecule has 0 fully saturated rings. The largest absolute Gasteiger partial charge is 0.466 e. The fourth-order valence-electron chi connectivity index (χ4n) is 1.39. The van der Waals surface area contributed by atoms with E-state index in [0.29, 0.717) is 3.57 Å². The fourth-order valence-corrected chi connectivity index (χ4v) is 1.97. The summed E-state index contributed by atoms with van der Waals surface area (Å²) < 4.78 is 30.7. The summed E-state index contributed by atoms with van der Waals surface area (Å²) in [5, 5.41) is 8.97. The minimum atomic E-state index is -2.83. The van der Waals surface area contributed by atoms with Gasteiger partial charge in [-0.15, -0.1) is 0 Å². The van der Waals surface area contributed by atoms with Gasteiger partial charge in [0.1, 0.15) is 11.8 Å². The van der Waals surface area contributed by atoms with Crippen molar-refractivity contribution in [3.63, 3.8) is 0 Å². The molecule has 1 aromatic rings. The van der Waals surface area contributed by atoms with Crippen molar-refractivity contribution >= 4 is 28.6 Å². The Morgan fingerprint density at radius 3 is 2.83 bits per heavy atom. The number of ether oxygens (including phenoxy) is 1. The van der Waals surface area contributed by atoms with E-state index >= 15 is 0 Å². The molecule has 0 radical (unpaired) electrons. The van der Waals surface area contributed by atoms with Crippen molar-refractivity contribution < 1.29 is 18.3 Å². The SMILES string of the molecule is CCOC(=O)Cc1c(C(F)F)ncc(I)c1C#N. The first-order chi connectivity index (χ1) is 8.51. The molecule has 0 spiro atoms. The van der Waals surface area contributed by atoms with Gasteiger partial charge in [-0.1, -0.05) is 0 Å². The summed E-state index contributed by atoms with van der Waals surface area (Å²) in [6.07, 6.45) is -2.02. The molecule has 0 saturated heterocycles. The highest BCUT2D eigenvalue weighted by molar-refractivity contribution is 14.1. The summed E-state index contributed by atoms with van der Waals surface area (Å²) in [5.74, 6) is -0.653. The maximum absolute atomic E-state index is 12.8. The summed E-state index contributed by atoms with van der Waals surface area (Å²) in [7, 11) is 0. The fraction of sp³-hybridized carbons (Fsp3) is 0.364. The van der Waals surface area contributed by atoms with Gasteiger partial charge in [-0.25, -0.2) is 8.78 Å². The van der Waals surface area contributed by atoms with Crippen LogP contribution < -0.4 is 0 Å². The van der Waals surface area contributed by atoms with E-state index in [1.807, 2.05) is 28.7 Å². The Morgan fingerprint density at radius 2 is 2.33 bits per heavy atom. The Kier molecular flexibility index (Phi) is 5.40. The predicted octanol–water partition coefficient (Wildman–Crippen LogP) is 2.60. The first kappa shape index (κ1) is 14.8. The Morgan fingerprint density at radius 1 is 1.67 bits per heavy atom. The number of hydrogen-bond acceptors (Lipinski definition) is 4. The molecule has 1 heterocycles. The highest BCUT2D eigenvalue weighted by Crippen LogP contribution is 2.26. The molecular formula is C11H9F2IN2O2. The van der Waals surface area contributed by atoms with E-state index in [2.05, 4.69) is 4.98 Å². The summed E-state index contributed by atoms with van der Waals surface area (Å²) >= 11 is 1.81. The number of carbonyl (C=O) groups excluding carboxylic acids is 1. The smallest absolute Gasteiger partial charge is 0.310 e. The van der Waals surface area contributed by atoms with Crippen LogP contribution in [0.25, 0.3) is 0 Å². The molecule has 0 atom stereocenters. The molecule has 0 aliphatic heterocycles. The van der Waals surface area contributed by atoms with Crippen LogP contribution in [0.1, 0.15) is 30.2 Å². The second kappa shape index (κ2) is 6.58. The average molecular weight is 366 g/mol. The van der Waals surface area contributed by atoms with Crippen molar-refractivity contribution in [2.45, 2.75) is 19.8 Å². The molecule has 0 aromatic carbocycles. The molecule has 0 aliphatic carbocycles. The molecule has 0 amide bonds. The van der Waals surface area contributed by atoms with Crippen molar-refractivity contribution in [3.05, 3.63) is 26.6 Å². The Bertz CT molecular complexity index is 501. The molecule has 18 heavy (non-hydrogen) atoms. The molecule has 96 valence electrons. The van der Waals surface area contributed by atoms with Crippen molar-refractivity contribution in [1.29, 1.82) is 5.26 Å². The molecular weight excluding hydrogens is 357 g/mol. The minimum absolute atomic E-state index is 0.0500. The standard InChI is InChI=1S/C11H9F2IN2O2/c1-2-18-9(17)3-6-7(4-15)8(14)5-16-10(6)11(12)13/h5,11H,2-3H2,1H3. The van der Waals surface area contributed by atoms with Crippen LogP contribution in [-0.2, 0) is 16.0 Å². The van der Waals surface area contributed by atoms with Crippen LogP contribution in [0.3, 0.4) is 0 Å². The van der Waals surface area contributed by atoms with Gasteiger partial charge in [0.2, 0.25) is 0 Å². The monoisotopic (exact) mass is 366 g/mol. The average Bonchev–Trinajstić information content (AvgIpc) is 2.29. The summed E-state index contributed by atoms with van der Waals surface area (Å²) in [4.78, 5) is 14.9. The molecule has 0 N–H and O–H groups in total. The van der Waals surface area contributed by atoms with E-state index in [0.717, 1.165) is 0 Å². The number of nitriles is 1. The number of alkyl halides is 2. The highest BCUT2D eigenvalue weighted by Gasteiger charge is 2.22. The van der Waals surface area contributed by atoms with E-state index in [1.54, 1.807) is 6.92 Å². The van der Waals surface area contributed by atoms with Gasteiger partial charge in [-0.3, -0.25) is 9.78 Å². The number of pyridine rings is 1. The van der Waals surface area contributed by atoms with Crippen LogP contribution in [0.4, 0.5) is 8.78 Å². The van der Waals surface area contributed by atoms with Crippen LogP contribution in [0.2, 0.25) is 0 Å². The van der Waals surface area contributed by atoms with Crippen LogP contribution >= 0.6 is 22.6 Å². The van der Waals surface area contributed by atoms with Crippen molar-refractivity contribution in [3.8, 4) is 6.07 Å².